The van der Waals surface area contributed by atoms with E-state index >= 15 is 0 Å². The van der Waals surface area contributed by atoms with Crippen molar-refractivity contribution in [3.8, 4) is 0 Å². The van der Waals surface area contributed by atoms with Gasteiger partial charge in [-0.25, -0.2) is 9.97 Å². The Morgan fingerprint density at radius 3 is 3.19 bits per heavy atom. The highest BCUT2D eigenvalue weighted by Gasteiger charge is 2.13. The number of hydrogen-bond acceptors (Lipinski definition) is 3. The number of piperidine rings is 1. The first-order chi connectivity index (χ1) is 7.88. The second-order valence-electron chi connectivity index (χ2n) is 4.57. The van der Waals surface area contributed by atoms with Crippen LogP contribution < -0.4 is 5.32 Å². The quantitative estimate of drug-likeness (QED) is 0.841. The Morgan fingerprint density at radius 1 is 1.50 bits per heavy atom. The van der Waals surface area contributed by atoms with E-state index in [1.165, 1.54) is 32.4 Å². The van der Waals surface area contributed by atoms with E-state index in [1.807, 2.05) is 12.3 Å². The Morgan fingerprint density at radius 2 is 2.44 bits per heavy atom. The van der Waals surface area contributed by atoms with Crippen molar-refractivity contribution in [3.05, 3.63) is 23.8 Å². The lowest BCUT2D eigenvalue weighted by Crippen LogP contribution is -2.30. The average molecular weight is 219 g/mol. The van der Waals surface area contributed by atoms with Crippen LogP contribution in [0.5, 0.6) is 0 Å². The van der Waals surface area contributed by atoms with Crippen LogP contribution in [0.1, 0.15) is 37.7 Å². The van der Waals surface area contributed by atoms with Gasteiger partial charge in [0, 0.05) is 18.3 Å². The molecule has 2 heterocycles. The van der Waals surface area contributed by atoms with Gasteiger partial charge >= 0.3 is 0 Å². The van der Waals surface area contributed by atoms with Gasteiger partial charge in [-0.1, -0.05) is 6.92 Å². The van der Waals surface area contributed by atoms with Gasteiger partial charge in [0.05, 0.1) is 0 Å². The van der Waals surface area contributed by atoms with Gasteiger partial charge in [0.1, 0.15) is 5.82 Å². The Balaban J connectivity index is 1.83. The number of nitrogens with one attached hydrogen (secondary N) is 1. The van der Waals surface area contributed by atoms with Crippen LogP contribution in [0.3, 0.4) is 0 Å². The highest BCUT2D eigenvalue weighted by atomic mass is 14.9. The Bertz CT molecular complexity index is 319. The third kappa shape index (κ3) is 3.27. The molecule has 1 fully saturated rings. The molecule has 0 amide bonds. The maximum absolute atomic E-state index is 4.54. The minimum Gasteiger partial charge on any atom is -0.316 e. The molecule has 0 radical (unpaired) electrons. The Kier molecular flexibility index (Phi) is 4.28. The fourth-order valence-corrected chi connectivity index (χ4v) is 2.26. The van der Waals surface area contributed by atoms with E-state index in [4.69, 9.17) is 0 Å². The van der Waals surface area contributed by atoms with E-state index in [-0.39, 0.29) is 0 Å². The minimum absolute atomic E-state index is 0.822. The van der Waals surface area contributed by atoms with Gasteiger partial charge in [-0.15, -0.1) is 0 Å². The van der Waals surface area contributed by atoms with E-state index < -0.39 is 0 Å². The highest BCUT2D eigenvalue weighted by molar-refractivity contribution is 5.02. The molecular weight excluding hydrogens is 198 g/mol. The SMILES string of the molecule is CCc1ccnc(CCC2CCCNC2)n1. The van der Waals surface area contributed by atoms with Crippen LogP contribution in [0.25, 0.3) is 0 Å². The summed E-state index contributed by atoms with van der Waals surface area (Å²) in [6, 6.07) is 2.01. The van der Waals surface area contributed by atoms with Crippen molar-refractivity contribution in [1.82, 2.24) is 15.3 Å². The van der Waals surface area contributed by atoms with Crippen molar-refractivity contribution < 1.29 is 0 Å². The molecule has 1 saturated heterocycles. The minimum atomic E-state index is 0.822. The molecule has 3 nitrogen and oxygen atoms in total. The molecule has 0 aromatic carbocycles. The van der Waals surface area contributed by atoms with Gasteiger partial charge in [-0.2, -0.15) is 0 Å². The summed E-state index contributed by atoms with van der Waals surface area (Å²) in [6.07, 6.45) is 7.82. The number of aromatic nitrogens is 2. The molecule has 0 aliphatic carbocycles. The highest BCUT2D eigenvalue weighted by Crippen LogP contribution is 2.15. The van der Waals surface area contributed by atoms with Gasteiger partial charge in [0.2, 0.25) is 0 Å². The summed E-state index contributed by atoms with van der Waals surface area (Å²) in [5.41, 5.74) is 1.16. The van der Waals surface area contributed by atoms with Crippen LogP contribution in [-0.4, -0.2) is 23.1 Å². The third-order valence-electron chi connectivity index (χ3n) is 3.30. The topological polar surface area (TPSA) is 37.8 Å². The van der Waals surface area contributed by atoms with Gasteiger partial charge in [-0.3, -0.25) is 0 Å². The van der Waals surface area contributed by atoms with Crippen LogP contribution in [0.4, 0.5) is 0 Å². The smallest absolute Gasteiger partial charge is 0.128 e. The number of aryl methyl sites for hydroxylation is 2. The van der Waals surface area contributed by atoms with Crippen LogP contribution in [-0.2, 0) is 12.8 Å². The monoisotopic (exact) mass is 219 g/mol. The normalized spacial score (nSPS) is 20.9. The molecular formula is C13H21N3. The zero-order valence-corrected chi connectivity index (χ0v) is 10.1. The van der Waals surface area contributed by atoms with E-state index in [1.54, 1.807) is 0 Å². The standard InChI is InChI=1S/C13H21N3/c1-2-12-7-9-15-13(16-12)6-5-11-4-3-8-14-10-11/h7,9,11,14H,2-6,8,10H2,1H3. The molecule has 1 aromatic heterocycles. The van der Waals surface area contributed by atoms with Crippen molar-refractivity contribution in [2.75, 3.05) is 13.1 Å². The summed E-state index contributed by atoms with van der Waals surface area (Å²) >= 11 is 0. The van der Waals surface area contributed by atoms with Crippen molar-refractivity contribution in [2.45, 2.75) is 39.0 Å². The average Bonchev–Trinajstić information content (AvgIpc) is 2.38. The number of hydrogen-bond donors (Lipinski definition) is 1. The molecule has 1 N–H and O–H groups in total. The summed E-state index contributed by atoms with van der Waals surface area (Å²) in [5, 5.41) is 3.45. The molecule has 1 aliphatic rings. The predicted octanol–water partition coefficient (Wildman–Crippen LogP) is 1.97. The van der Waals surface area contributed by atoms with Crippen LogP contribution in [0, 0.1) is 5.92 Å². The first-order valence-corrected chi connectivity index (χ1v) is 6.40. The molecule has 3 heteroatoms. The number of rotatable bonds is 4. The molecule has 1 aliphatic heterocycles. The lowest BCUT2D eigenvalue weighted by atomic mass is 9.94. The van der Waals surface area contributed by atoms with Gasteiger partial charge < -0.3 is 5.32 Å². The molecule has 1 unspecified atom stereocenters. The predicted molar refractivity (Wildman–Crippen MR) is 65.3 cm³/mol. The lowest BCUT2D eigenvalue weighted by molar-refractivity contribution is 0.356. The molecule has 2 rings (SSSR count). The van der Waals surface area contributed by atoms with Gasteiger partial charge in [0.25, 0.3) is 0 Å². The van der Waals surface area contributed by atoms with E-state index in [0.29, 0.717) is 0 Å². The van der Waals surface area contributed by atoms with Crippen LogP contribution in [0.15, 0.2) is 12.3 Å². The van der Waals surface area contributed by atoms with E-state index in [2.05, 4.69) is 22.2 Å². The van der Waals surface area contributed by atoms with Crippen molar-refractivity contribution in [2.24, 2.45) is 5.92 Å². The summed E-state index contributed by atoms with van der Waals surface area (Å²) in [5.74, 6) is 1.84. The summed E-state index contributed by atoms with van der Waals surface area (Å²) in [7, 11) is 0. The fraction of sp³-hybridized carbons (Fsp3) is 0.692. The first-order valence-electron chi connectivity index (χ1n) is 6.40. The Labute approximate surface area is 97.7 Å². The van der Waals surface area contributed by atoms with Crippen molar-refractivity contribution in [1.29, 1.82) is 0 Å². The third-order valence-corrected chi connectivity index (χ3v) is 3.30. The molecule has 1 aromatic rings. The second-order valence-corrected chi connectivity index (χ2v) is 4.57. The zero-order chi connectivity index (χ0) is 11.2. The summed E-state index contributed by atoms with van der Waals surface area (Å²) < 4.78 is 0. The molecule has 0 spiro atoms. The Hall–Kier alpha value is -0.960. The maximum atomic E-state index is 4.54. The van der Waals surface area contributed by atoms with Crippen LogP contribution in [0.2, 0.25) is 0 Å². The van der Waals surface area contributed by atoms with E-state index in [0.717, 1.165) is 30.3 Å². The van der Waals surface area contributed by atoms with Crippen molar-refractivity contribution >= 4 is 0 Å². The molecule has 1 atom stereocenters. The molecule has 0 bridgehead atoms. The lowest BCUT2D eigenvalue weighted by Gasteiger charge is -2.22. The van der Waals surface area contributed by atoms with Gasteiger partial charge in [-0.05, 0) is 50.8 Å². The molecule has 88 valence electrons. The maximum Gasteiger partial charge on any atom is 0.128 e. The van der Waals surface area contributed by atoms with E-state index in [9.17, 15) is 0 Å². The zero-order valence-electron chi connectivity index (χ0n) is 10.1. The van der Waals surface area contributed by atoms with Gasteiger partial charge in [0.15, 0.2) is 0 Å². The molecule has 0 saturated carbocycles. The molecule has 16 heavy (non-hydrogen) atoms. The number of nitrogens with zero attached hydrogens (tertiary/aromatic N) is 2. The summed E-state index contributed by atoms with van der Waals surface area (Å²) in [6.45, 7) is 4.50. The van der Waals surface area contributed by atoms with Crippen LogP contribution >= 0.6 is 0 Å². The van der Waals surface area contributed by atoms with Crippen molar-refractivity contribution in [3.63, 3.8) is 0 Å². The first kappa shape index (κ1) is 11.5. The fourth-order valence-electron chi connectivity index (χ4n) is 2.26. The second kappa shape index (κ2) is 5.94. The largest absolute Gasteiger partial charge is 0.316 e. The summed E-state index contributed by atoms with van der Waals surface area (Å²) in [4.78, 5) is 8.88.